The van der Waals surface area contributed by atoms with Crippen LogP contribution in [0.4, 0.5) is 5.69 Å². The van der Waals surface area contributed by atoms with Gasteiger partial charge in [0.25, 0.3) is 5.69 Å². The normalized spacial score (nSPS) is 15.1. The van der Waals surface area contributed by atoms with Gasteiger partial charge in [-0.1, -0.05) is 18.2 Å². The maximum Gasteiger partial charge on any atom is 0.270 e. The molecular formula is C17H18N2O3. The third kappa shape index (κ3) is 3.09. The maximum absolute atomic E-state index is 10.9. The summed E-state index contributed by atoms with van der Waals surface area (Å²) < 4.78 is 0. The van der Waals surface area contributed by atoms with Gasteiger partial charge in [0.2, 0.25) is 0 Å². The predicted molar refractivity (Wildman–Crippen MR) is 84.7 cm³/mol. The van der Waals surface area contributed by atoms with Crippen molar-refractivity contribution in [3.05, 3.63) is 58.1 Å². The number of hydrogen-bond donors (Lipinski definition) is 1. The lowest BCUT2D eigenvalue weighted by Crippen LogP contribution is -2.18. The number of phenols is 1. The van der Waals surface area contributed by atoms with Crippen LogP contribution in [-0.2, 0) is 6.54 Å². The molecule has 5 nitrogen and oxygen atoms in total. The number of nitro groups is 1. The van der Waals surface area contributed by atoms with Crippen LogP contribution in [0, 0.1) is 10.1 Å². The Morgan fingerprint density at radius 1 is 1.14 bits per heavy atom. The molecular weight excluding hydrogens is 280 g/mol. The van der Waals surface area contributed by atoms with Crippen LogP contribution in [0.25, 0.3) is 11.1 Å². The molecule has 0 aromatic heterocycles. The number of nitro benzene ring substituents is 1. The molecule has 0 atom stereocenters. The Bertz CT molecular complexity index is 694. The van der Waals surface area contributed by atoms with E-state index in [1.807, 2.05) is 12.1 Å². The van der Waals surface area contributed by atoms with E-state index in [4.69, 9.17) is 0 Å². The Hall–Kier alpha value is -2.40. The van der Waals surface area contributed by atoms with Crippen molar-refractivity contribution < 1.29 is 10.0 Å². The Kier molecular flexibility index (Phi) is 4.06. The molecule has 1 fully saturated rings. The SMILES string of the molecule is O=[N+]([O-])c1cccc(-c2cc(CN3CCCC3)ccc2O)c1. The highest BCUT2D eigenvalue weighted by Crippen LogP contribution is 2.32. The summed E-state index contributed by atoms with van der Waals surface area (Å²) in [5.41, 5.74) is 2.44. The number of phenolic OH excluding ortho intramolecular Hbond substituents is 1. The van der Waals surface area contributed by atoms with Gasteiger partial charge in [-0.15, -0.1) is 0 Å². The molecule has 3 rings (SSSR count). The van der Waals surface area contributed by atoms with E-state index in [2.05, 4.69) is 4.90 Å². The zero-order valence-electron chi connectivity index (χ0n) is 12.2. The summed E-state index contributed by atoms with van der Waals surface area (Å²) in [6.45, 7) is 3.06. The standard InChI is InChI=1S/C17H18N2O3/c20-17-7-6-13(12-18-8-1-2-9-18)10-16(17)14-4-3-5-15(11-14)19(21)22/h3-7,10-11,20H,1-2,8-9,12H2. The summed E-state index contributed by atoms with van der Waals surface area (Å²) in [5.74, 6) is 0.144. The van der Waals surface area contributed by atoms with Crippen LogP contribution in [0.1, 0.15) is 18.4 Å². The van der Waals surface area contributed by atoms with Crippen LogP contribution < -0.4 is 0 Å². The Morgan fingerprint density at radius 2 is 1.91 bits per heavy atom. The molecule has 1 aliphatic rings. The van der Waals surface area contributed by atoms with Gasteiger partial charge >= 0.3 is 0 Å². The van der Waals surface area contributed by atoms with Crippen LogP contribution >= 0.6 is 0 Å². The summed E-state index contributed by atoms with van der Waals surface area (Å²) in [6.07, 6.45) is 2.46. The van der Waals surface area contributed by atoms with E-state index >= 15 is 0 Å². The van der Waals surface area contributed by atoms with Crippen molar-refractivity contribution in [2.24, 2.45) is 0 Å². The van der Waals surface area contributed by atoms with Crippen LogP contribution in [0.2, 0.25) is 0 Å². The number of benzene rings is 2. The monoisotopic (exact) mass is 298 g/mol. The van der Waals surface area contributed by atoms with Gasteiger partial charge in [-0.3, -0.25) is 15.0 Å². The first-order valence-electron chi connectivity index (χ1n) is 7.42. The lowest BCUT2D eigenvalue weighted by molar-refractivity contribution is -0.384. The summed E-state index contributed by atoms with van der Waals surface area (Å²) in [6, 6.07) is 11.9. The van der Waals surface area contributed by atoms with Crippen molar-refractivity contribution in [1.82, 2.24) is 4.90 Å². The summed E-state index contributed by atoms with van der Waals surface area (Å²) in [7, 11) is 0. The second-order valence-electron chi connectivity index (χ2n) is 5.64. The highest BCUT2D eigenvalue weighted by atomic mass is 16.6. The first-order chi connectivity index (χ1) is 10.6. The summed E-state index contributed by atoms with van der Waals surface area (Å²) in [5, 5.41) is 21.0. The minimum Gasteiger partial charge on any atom is -0.507 e. The molecule has 1 heterocycles. The average Bonchev–Trinajstić information content (AvgIpc) is 3.02. The minimum atomic E-state index is -0.422. The smallest absolute Gasteiger partial charge is 0.270 e. The molecule has 0 bridgehead atoms. The number of non-ortho nitro benzene ring substituents is 1. The van der Waals surface area contributed by atoms with E-state index in [0.29, 0.717) is 11.1 Å². The molecule has 0 unspecified atom stereocenters. The van der Waals surface area contributed by atoms with Gasteiger partial charge in [0.1, 0.15) is 5.75 Å². The predicted octanol–water partition coefficient (Wildman–Crippen LogP) is 3.56. The van der Waals surface area contributed by atoms with Crippen molar-refractivity contribution in [3.63, 3.8) is 0 Å². The number of aromatic hydroxyl groups is 1. The van der Waals surface area contributed by atoms with Crippen LogP contribution in [0.15, 0.2) is 42.5 Å². The van der Waals surface area contributed by atoms with E-state index in [1.165, 1.54) is 25.0 Å². The zero-order chi connectivity index (χ0) is 15.5. The molecule has 0 saturated carbocycles. The molecule has 1 N–H and O–H groups in total. The fraction of sp³-hybridized carbons (Fsp3) is 0.294. The molecule has 0 spiro atoms. The van der Waals surface area contributed by atoms with E-state index < -0.39 is 4.92 Å². The van der Waals surface area contributed by atoms with Gasteiger partial charge in [-0.2, -0.15) is 0 Å². The molecule has 0 aliphatic carbocycles. The number of nitrogens with zero attached hydrogens (tertiary/aromatic N) is 2. The largest absolute Gasteiger partial charge is 0.507 e. The maximum atomic E-state index is 10.9. The molecule has 22 heavy (non-hydrogen) atoms. The first-order valence-corrected chi connectivity index (χ1v) is 7.42. The van der Waals surface area contributed by atoms with Gasteiger partial charge < -0.3 is 5.11 Å². The Balaban J connectivity index is 1.92. The molecule has 114 valence electrons. The van der Waals surface area contributed by atoms with Crippen molar-refractivity contribution >= 4 is 5.69 Å². The molecule has 1 saturated heterocycles. The van der Waals surface area contributed by atoms with Gasteiger partial charge in [0.15, 0.2) is 0 Å². The summed E-state index contributed by atoms with van der Waals surface area (Å²) >= 11 is 0. The van der Waals surface area contributed by atoms with E-state index in [1.54, 1.807) is 18.2 Å². The van der Waals surface area contributed by atoms with Crippen molar-refractivity contribution in [1.29, 1.82) is 0 Å². The summed E-state index contributed by atoms with van der Waals surface area (Å²) in [4.78, 5) is 12.9. The first kappa shape index (κ1) is 14.5. The quantitative estimate of drug-likeness (QED) is 0.692. The van der Waals surface area contributed by atoms with Crippen molar-refractivity contribution in [3.8, 4) is 16.9 Å². The Morgan fingerprint density at radius 3 is 2.64 bits per heavy atom. The molecule has 2 aromatic carbocycles. The highest BCUT2D eigenvalue weighted by molar-refractivity contribution is 5.72. The van der Waals surface area contributed by atoms with Gasteiger partial charge in [0.05, 0.1) is 4.92 Å². The molecule has 0 radical (unpaired) electrons. The van der Waals surface area contributed by atoms with Gasteiger partial charge in [0, 0.05) is 24.2 Å². The topological polar surface area (TPSA) is 66.6 Å². The van der Waals surface area contributed by atoms with Crippen LogP contribution in [-0.4, -0.2) is 28.0 Å². The fourth-order valence-corrected chi connectivity index (χ4v) is 2.90. The van der Waals surface area contributed by atoms with Crippen molar-refractivity contribution in [2.75, 3.05) is 13.1 Å². The number of likely N-dealkylation sites (tertiary alicyclic amines) is 1. The lowest BCUT2D eigenvalue weighted by atomic mass is 10.0. The van der Waals surface area contributed by atoms with Gasteiger partial charge in [-0.25, -0.2) is 0 Å². The molecule has 5 heteroatoms. The molecule has 0 amide bonds. The number of rotatable bonds is 4. The second kappa shape index (κ2) is 6.15. The third-order valence-corrected chi connectivity index (χ3v) is 4.03. The lowest BCUT2D eigenvalue weighted by Gasteiger charge is -2.15. The average molecular weight is 298 g/mol. The van der Waals surface area contributed by atoms with Gasteiger partial charge in [-0.05, 0) is 49.2 Å². The van der Waals surface area contributed by atoms with E-state index in [0.717, 1.165) is 25.2 Å². The minimum absolute atomic E-state index is 0.0295. The second-order valence-corrected chi connectivity index (χ2v) is 5.64. The number of hydrogen-bond acceptors (Lipinski definition) is 4. The third-order valence-electron chi connectivity index (χ3n) is 4.03. The van der Waals surface area contributed by atoms with Crippen LogP contribution in [0.3, 0.4) is 0 Å². The van der Waals surface area contributed by atoms with E-state index in [9.17, 15) is 15.2 Å². The van der Waals surface area contributed by atoms with Crippen molar-refractivity contribution in [2.45, 2.75) is 19.4 Å². The Labute approximate surface area is 129 Å². The zero-order valence-corrected chi connectivity index (χ0v) is 12.2. The fourth-order valence-electron chi connectivity index (χ4n) is 2.90. The van der Waals surface area contributed by atoms with Crippen LogP contribution in [0.5, 0.6) is 5.75 Å². The highest BCUT2D eigenvalue weighted by Gasteiger charge is 2.14. The molecule has 1 aliphatic heterocycles. The van der Waals surface area contributed by atoms with E-state index in [-0.39, 0.29) is 11.4 Å². The molecule has 2 aromatic rings.